The van der Waals surface area contributed by atoms with Crippen molar-refractivity contribution in [2.45, 2.75) is 25.9 Å². The summed E-state index contributed by atoms with van der Waals surface area (Å²) in [5, 5.41) is 10.6. The van der Waals surface area contributed by atoms with E-state index in [0.29, 0.717) is 11.4 Å². The van der Waals surface area contributed by atoms with Gasteiger partial charge in [0.25, 0.3) is 0 Å². The Morgan fingerprint density at radius 1 is 1.38 bits per heavy atom. The molecule has 2 aromatic rings. The molecule has 0 atom stereocenters. The van der Waals surface area contributed by atoms with E-state index in [4.69, 9.17) is 10.5 Å². The molecule has 0 saturated carbocycles. The van der Waals surface area contributed by atoms with Crippen LogP contribution in [0.3, 0.4) is 0 Å². The van der Waals surface area contributed by atoms with Crippen molar-refractivity contribution in [1.82, 2.24) is 15.0 Å². The fourth-order valence-electron chi connectivity index (χ4n) is 1.69. The van der Waals surface area contributed by atoms with Crippen LogP contribution >= 0.6 is 0 Å². The quantitative estimate of drug-likeness (QED) is 0.860. The number of carbonyl (C=O) groups is 1. The predicted molar refractivity (Wildman–Crippen MR) is 78.9 cm³/mol. The van der Waals surface area contributed by atoms with E-state index < -0.39 is 5.54 Å². The number of methoxy groups -OCH3 is 1. The van der Waals surface area contributed by atoms with Crippen LogP contribution in [0.25, 0.3) is 0 Å². The first-order valence-electron chi connectivity index (χ1n) is 6.52. The molecule has 1 amide bonds. The minimum absolute atomic E-state index is 0.0785. The molecule has 7 nitrogen and oxygen atoms in total. The van der Waals surface area contributed by atoms with Crippen molar-refractivity contribution in [3.8, 4) is 5.75 Å². The Morgan fingerprint density at radius 3 is 2.57 bits per heavy atom. The summed E-state index contributed by atoms with van der Waals surface area (Å²) in [7, 11) is 1.59. The van der Waals surface area contributed by atoms with Crippen molar-refractivity contribution in [2.75, 3.05) is 12.4 Å². The van der Waals surface area contributed by atoms with Crippen LogP contribution in [0.4, 0.5) is 5.69 Å². The number of amides is 1. The van der Waals surface area contributed by atoms with Gasteiger partial charge in [0.1, 0.15) is 18.0 Å². The van der Waals surface area contributed by atoms with E-state index in [1.165, 1.54) is 4.68 Å². The van der Waals surface area contributed by atoms with Crippen LogP contribution in [0.15, 0.2) is 30.5 Å². The second-order valence-electron chi connectivity index (χ2n) is 5.30. The van der Waals surface area contributed by atoms with E-state index in [9.17, 15) is 4.79 Å². The van der Waals surface area contributed by atoms with Gasteiger partial charge < -0.3 is 15.8 Å². The van der Waals surface area contributed by atoms with Gasteiger partial charge in [0, 0.05) is 5.69 Å². The van der Waals surface area contributed by atoms with Crippen molar-refractivity contribution in [3.05, 3.63) is 36.2 Å². The average molecular weight is 289 g/mol. The molecule has 3 N–H and O–H groups in total. The van der Waals surface area contributed by atoms with E-state index in [-0.39, 0.29) is 12.5 Å². The summed E-state index contributed by atoms with van der Waals surface area (Å²) in [6, 6.07) is 7.10. The molecule has 0 radical (unpaired) electrons. The Bertz CT molecular complexity index is 613. The van der Waals surface area contributed by atoms with Crippen LogP contribution in [0.2, 0.25) is 0 Å². The lowest BCUT2D eigenvalue weighted by Crippen LogP contribution is -2.29. The zero-order chi connectivity index (χ0) is 15.5. The number of rotatable bonds is 5. The Balaban J connectivity index is 1.96. The van der Waals surface area contributed by atoms with Crippen LogP contribution in [0.1, 0.15) is 19.5 Å². The Morgan fingerprint density at radius 2 is 2.05 bits per heavy atom. The highest BCUT2D eigenvalue weighted by molar-refractivity contribution is 5.90. The lowest BCUT2D eigenvalue weighted by atomic mass is 10.0. The Labute approximate surface area is 123 Å². The summed E-state index contributed by atoms with van der Waals surface area (Å²) >= 11 is 0. The van der Waals surface area contributed by atoms with E-state index in [1.807, 2.05) is 13.8 Å². The molecular weight excluding hydrogens is 270 g/mol. The number of nitrogens with one attached hydrogen (secondary N) is 1. The van der Waals surface area contributed by atoms with Crippen molar-refractivity contribution < 1.29 is 9.53 Å². The maximum Gasteiger partial charge on any atom is 0.246 e. The molecule has 21 heavy (non-hydrogen) atoms. The summed E-state index contributed by atoms with van der Waals surface area (Å²) in [6.07, 6.45) is 1.67. The lowest BCUT2D eigenvalue weighted by molar-refractivity contribution is -0.116. The number of hydrogen-bond acceptors (Lipinski definition) is 5. The maximum atomic E-state index is 11.9. The van der Waals surface area contributed by atoms with E-state index in [1.54, 1.807) is 37.6 Å². The maximum absolute atomic E-state index is 11.9. The van der Waals surface area contributed by atoms with Crippen LogP contribution < -0.4 is 15.8 Å². The van der Waals surface area contributed by atoms with Crippen molar-refractivity contribution in [3.63, 3.8) is 0 Å². The number of carbonyl (C=O) groups excluding carboxylic acids is 1. The lowest BCUT2D eigenvalue weighted by Gasteiger charge is -2.13. The molecule has 1 aromatic carbocycles. The van der Waals surface area contributed by atoms with E-state index in [0.717, 1.165) is 5.75 Å². The smallest absolute Gasteiger partial charge is 0.246 e. The zero-order valence-corrected chi connectivity index (χ0v) is 12.3. The van der Waals surface area contributed by atoms with Crippen LogP contribution in [0, 0.1) is 0 Å². The first-order chi connectivity index (χ1) is 9.88. The van der Waals surface area contributed by atoms with Gasteiger partial charge in [-0.2, -0.15) is 0 Å². The first-order valence-corrected chi connectivity index (χ1v) is 6.52. The molecule has 7 heteroatoms. The molecule has 0 aliphatic carbocycles. The molecule has 0 fully saturated rings. The zero-order valence-electron chi connectivity index (χ0n) is 12.3. The highest BCUT2D eigenvalue weighted by atomic mass is 16.5. The fraction of sp³-hybridized carbons (Fsp3) is 0.357. The standard InChI is InChI=1S/C14H19N5O2/c1-14(2,15)12-8-19(18-17-12)9-13(20)16-10-4-6-11(21-3)7-5-10/h4-8H,9,15H2,1-3H3,(H,16,20). The SMILES string of the molecule is COc1ccc(NC(=O)Cn2cc(C(C)(C)N)nn2)cc1. The molecule has 0 unspecified atom stereocenters. The molecule has 2 rings (SSSR count). The van der Waals surface area contributed by atoms with Crippen molar-refractivity contribution in [2.24, 2.45) is 5.73 Å². The van der Waals surface area contributed by atoms with Gasteiger partial charge in [-0.3, -0.25) is 4.79 Å². The van der Waals surface area contributed by atoms with Gasteiger partial charge >= 0.3 is 0 Å². The third kappa shape index (κ3) is 4.03. The largest absolute Gasteiger partial charge is 0.497 e. The highest BCUT2D eigenvalue weighted by Gasteiger charge is 2.18. The molecule has 0 aliphatic heterocycles. The molecule has 1 aromatic heterocycles. The predicted octanol–water partition coefficient (Wildman–Crippen LogP) is 1.12. The molecule has 0 aliphatic rings. The van der Waals surface area contributed by atoms with Crippen LogP contribution in [-0.2, 0) is 16.9 Å². The normalized spacial score (nSPS) is 11.2. The van der Waals surface area contributed by atoms with Crippen LogP contribution in [0.5, 0.6) is 5.75 Å². The fourth-order valence-corrected chi connectivity index (χ4v) is 1.69. The van der Waals surface area contributed by atoms with Crippen molar-refractivity contribution >= 4 is 11.6 Å². The number of nitrogens with zero attached hydrogens (tertiary/aromatic N) is 3. The number of aromatic nitrogens is 3. The number of ether oxygens (including phenoxy) is 1. The van der Waals surface area contributed by atoms with Gasteiger partial charge in [0.2, 0.25) is 5.91 Å². The highest BCUT2D eigenvalue weighted by Crippen LogP contribution is 2.15. The van der Waals surface area contributed by atoms with Gasteiger partial charge in [0.15, 0.2) is 0 Å². The molecule has 1 heterocycles. The minimum Gasteiger partial charge on any atom is -0.497 e. The topological polar surface area (TPSA) is 95.1 Å². The molecule has 0 saturated heterocycles. The van der Waals surface area contributed by atoms with E-state index in [2.05, 4.69) is 15.6 Å². The Hall–Kier alpha value is -2.41. The first kappa shape index (κ1) is 15.0. The van der Waals surface area contributed by atoms with E-state index >= 15 is 0 Å². The second-order valence-corrected chi connectivity index (χ2v) is 5.30. The number of hydrogen-bond donors (Lipinski definition) is 2. The molecule has 0 spiro atoms. The summed E-state index contributed by atoms with van der Waals surface area (Å²) in [6.45, 7) is 3.74. The number of anilines is 1. The van der Waals surface area contributed by atoms with Crippen molar-refractivity contribution in [1.29, 1.82) is 0 Å². The third-order valence-corrected chi connectivity index (χ3v) is 2.88. The Kier molecular flexibility index (Phi) is 4.23. The van der Waals surface area contributed by atoms with Gasteiger partial charge in [-0.15, -0.1) is 5.10 Å². The summed E-state index contributed by atoms with van der Waals surface area (Å²) in [4.78, 5) is 11.9. The molecule has 112 valence electrons. The van der Waals surface area contributed by atoms with Gasteiger partial charge in [-0.05, 0) is 38.1 Å². The van der Waals surface area contributed by atoms with Gasteiger partial charge in [-0.1, -0.05) is 5.21 Å². The van der Waals surface area contributed by atoms with Crippen LogP contribution in [-0.4, -0.2) is 28.0 Å². The second kappa shape index (κ2) is 5.92. The number of benzene rings is 1. The summed E-state index contributed by atoms with van der Waals surface area (Å²) < 4.78 is 6.52. The summed E-state index contributed by atoms with van der Waals surface area (Å²) in [5.41, 5.74) is 6.68. The minimum atomic E-state index is -0.579. The molecular formula is C14H19N5O2. The third-order valence-electron chi connectivity index (χ3n) is 2.88. The molecule has 0 bridgehead atoms. The average Bonchev–Trinajstić information content (AvgIpc) is 2.88. The summed E-state index contributed by atoms with van der Waals surface area (Å²) in [5.74, 6) is 0.547. The number of nitrogens with two attached hydrogens (primary N) is 1. The monoisotopic (exact) mass is 289 g/mol. The van der Waals surface area contributed by atoms with Gasteiger partial charge in [-0.25, -0.2) is 4.68 Å². The van der Waals surface area contributed by atoms with Gasteiger partial charge in [0.05, 0.1) is 18.8 Å².